The third-order valence-electron chi connectivity index (χ3n) is 8.23. The molecule has 2 aliphatic rings. The Morgan fingerprint density at radius 3 is 2.49 bits per heavy atom. The number of hydrogen-bond donors (Lipinski definition) is 1. The summed E-state index contributed by atoms with van der Waals surface area (Å²) in [5, 5.41) is 4.26. The number of likely N-dealkylation sites (N-methyl/N-ethyl adjacent to an activating group) is 1. The van der Waals surface area contributed by atoms with E-state index in [9.17, 15) is 4.79 Å². The number of hydrogen-bond acceptors (Lipinski definition) is 5. The zero-order valence-electron chi connectivity index (χ0n) is 24.3. The number of allylic oxidation sites excluding steroid dienone is 1. The van der Waals surface area contributed by atoms with Crippen LogP contribution in [-0.2, 0) is 0 Å². The van der Waals surface area contributed by atoms with Crippen LogP contribution in [0.1, 0.15) is 62.5 Å². The van der Waals surface area contributed by atoms with Crippen molar-refractivity contribution in [2.24, 2.45) is 4.99 Å². The van der Waals surface area contributed by atoms with Crippen LogP contribution in [0.15, 0.2) is 52.8 Å². The predicted molar refractivity (Wildman–Crippen MR) is 162 cm³/mol. The van der Waals surface area contributed by atoms with Crippen LogP contribution in [0.3, 0.4) is 0 Å². The highest BCUT2D eigenvalue weighted by Crippen LogP contribution is 2.33. The van der Waals surface area contributed by atoms with E-state index in [1.807, 2.05) is 12.3 Å². The lowest BCUT2D eigenvalue weighted by Gasteiger charge is -2.33. The number of rotatable bonds is 7. The highest BCUT2D eigenvalue weighted by Gasteiger charge is 2.21. The molecule has 1 fully saturated rings. The fraction of sp³-hybridized carbons (Fsp3) is 0.469. The van der Waals surface area contributed by atoms with E-state index in [0.29, 0.717) is 13.1 Å². The number of carbonyl (C=O) groups is 1. The molecule has 1 N–H and O–H groups in total. The Kier molecular flexibility index (Phi) is 7.89. The molecule has 3 aromatic rings. The molecule has 1 amide bonds. The van der Waals surface area contributed by atoms with Gasteiger partial charge in [0.1, 0.15) is 5.82 Å². The van der Waals surface area contributed by atoms with Crippen LogP contribution >= 0.6 is 0 Å². The first kappa shape index (κ1) is 27.1. The summed E-state index contributed by atoms with van der Waals surface area (Å²) >= 11 is 0. The Labute approximate surface area is 232 Å². The second-order valence-electron chi connectivity index (χ2n) is 11.4. The molecule has 39 heavy (non-hydrogen) atoms. The van der Waals surface area contributed by atoms with Crippen molar-refractivity contribution in [1.29, 1.82) is 0 Å². The van der Waals surface area contributed by atoms with Gasteiger partial charge < -0.3 is 19.7 Å². The van der Waals surface area contributed by atoms with E-state index < -0.39 is 0 Å². The fourth-order valence-electron chi connectivity index (χ4n) is 5.81. The van der Waals surface area contributed by atoms with Crippen LogP contribution in [-0.4, -0.2) is 72.4 Å². The van der Waals surface area contributed by atoms with Crippen molar-refractivity contribution in [3.63, 3.8) is 0 Å². The van der Waals surface area contributed by atoms with Crippen LogP contribution in [0, 0.1) is 6.92 Å². The van der Waals surface area contributed by atoms with Gasteiger partial charge >= 0.3 is 0 Å². The van der Waals surface area contributed by atoms with Crippen molar-refractivity contribution < 1.29 is 4.79 Å². The average molecular weight is 527 g/mol. The highest BCUT2D eigenvalue weighted by atomic mass is 16.1. The van der Waals surface area contributed by atoms with Gasteiger partial charge in [-0.25, -0.2) is 4.98 Å². The molecule has 0 atom stereocenters. The molecule has 206 valence electrons. The summed E-state index contributed by atoms with van der Waals surface area (Å²) in [6.07, 6.45) is 6.02. The fourth-order valence-corrected chi connectivity index (χ4v) is 5.81. The number of aryl methyl sites for hydroxylation is 1. The second kappa shape index (κ2) is 11.3. The zero-order valence-corrected chi connectivity index (χ0v) is 24.3. The van der Waals surface area contributed by atoms with Gasteiger partial charge in [0.2, 0.25) is 0 Å². The van der Waals surface area contributed by atoms with E-state index in [0.717, 1.165) is 78.0 Å². The number of pyridine rings is 1. The number of dihydropyridines is 1. The maximum absolute atomic E-state index is 13.8. The molecule has 1 saturated heterocycles. The summed E-state index contributed by atoms with van der Waals surface area (Å²) in [7, 11) is 2.16. The smallest absolute Gasteiger partial charge is 0.252 e. The Bertz CT molecular complexity index is 1420. The molecule has 0 spiro atoms. The maximum Gasteiger partial charge on any atom is 0.252 e. The van der Waals surface area contributed by atoms with Crippen molar-refractivity contribution in [3.05, 3.63) is 58.9 Å². The van der Waals surface area contributed by atoms with Crippen LogP contribution in [0.2, 0.25) is 0 Å². The van der Waals surface area contributed by atoms with Crippen molar-refractivity contribution in [2.75, 3.05) is 51.2 Å². The molecular weight excluding hydrogens is 484 g/mol. The summed E-state index contributed by atoms with van der Waals surface area (Å²) in [5.74, 6) is 0.973. The number of nitrogens with zero attached hydrogens (tertiary/aromatic N) is 5. The molecule has 2 aliphatic heterocycles. The minimum absolute atomic E-state index is 0.0392. The third-order valence-corrected chi connectivity index (χ3v) is 8.23. The monoisotopic (exact) mass is 526 g/mol. The van der Waals surface area contributed by atoms with Gasteiger partial charge in [0.15, 0.2) is 0 Å². The largest absolute Gasteiger partial charge is 0.354 e. The maximum atomic E-state index is 13.8. The second-order valence-corrected chi connectivity index (χ2v) is 11.4. The lowest BCUT2D eigenvalue weighted by Crippen LogP contribution is -2.44. The average Bonchev–Trinajstić information content (AvgIpc) is 3.28. The van der Waals surface area contributed by atoms with Gasteiger partial charge in [-0.15, -0.1) is 0 Å². The molecule has 5 rings (SSSR count). The standard InChI is InChI=1S/C32H42N6O/c1-7-24-14-23(5)33-18-27(24)19-35-32(39)28-15-26(16-29-31(28)22(4)20-38(29)21(2)3)25-8-9-30(34-17-25)37-12-10-36(6)11-13-37/h8-9,15-17,20-21H,7,10-14,18-19H2,1-6H3,(H,35,39). The van der Waals surface area contributed by atoms with E-state index in [1.165, 1.54) is 16.9 Å². The summed E-state index contributed by atoms with van der Waals surface area (Å²) in [5.41, 5.74) is 8.76. The minimum atomic E-state index is -0.0392. The Hall–Kier alpha value is -3.45. The molecule has 4 heterocycles. The van der Waals surface area contributed by atoms with Gasteiger partial charge in [0.05, 0.1) is 6.54 Å². The van der Waals surface area contributed by atoms with Gasteiger partial charge in [-0.3, -0.25) is 9.79 Å². The number of benzene rings is 1. The Morgan fingerprint density at radius 1 is 1.05 bits per heavy atom. The van der Waals surface area contributed by atoms with E-state index in [1.54, 1.807) is 0 Å². The van der Waals surface area contributed by atoms with Gasteiger partial charge in [-0.2, -0.15) is 0 Å². The number of amides is 1. The lowest BCUT2D eigenvalue weighted by atomic mass is 9.96. The van der Waals surface area contributed by atoms with E-state index in [4.69, 9.17) is 4.98 Å². The zero-order chi connectivity index (χ0) is 27.7. The first-order valence-corrected chi connectivity index (χ1v) is 14.3. The van der Waals surface area contributed by atoms with Crippen molar-refractivity contribution in [1.82, 2.24) is 19.8 Å². The quantitative estimate of drug-likeness (QED) is 0.405. The molecule has 0 aliphatic carbocycles. The number of carbonyl (C=O) groups excluding carboxylic acids is 1. The van der Waals surface area contributed by atoms with E-state index in [2.05, 4.69) is 90.7 Å². The number of aromatic nitrogens is 2. The molecule has 0 bridgehead atoms. The van der Waals surface area contributed by atoms with E-state index in [-0.39, 0.29) is 11.9 Å². The molecule has 0 radical (unpaired) electrons. The van der Waals surface area contributed by atoms with Gasteiger partial charge in [-0.05, 0) is 82.1 Å². The number of anilines is 1. The summed E-state index contributed by atoms with van der Waals surface area (Å²) in [6, 6.07) is 8.79. The van der Waals surface area contributed by atoms with Crippen molar-refractivity contribution in [2.45, 2.75) is 53.5 Å². The molecule has 0 saturated carbocycles. The first-order valence-electron chi connectivity index (χ1n) is 14.3. The summed E-state index contributed by atoms with van der Waals surface area (Å²) in [6.45, 7) is 16.0. The molecule has 2 aromatic heterocycles. The van der Waals surface area contributed by atoms with Crippen LogP contribution in [0.4, 0.5) is 5.82 Å². The first-order chi connectivity index (χ1) is 18.7. The molecular formula is C32H42N6O. The number of fused-ring (bicyclic) bond motifs is 1. The van der Waals surface area contributed by atoms with Crippen molar-refractivity contribution in [3.8, 4) is 11.1 Å². The molecule has 7 nitrogen and oxygen atoms in total. The summed E-state index contributed by atoms with van der Waals surface area (Å²) in [4.78, 5) is 27.9. The predicted octanol–water partition coefficient (Wildman–Crippen LogP) is 5.65. The number of nitrogens with one attached hydrogen (secondary N) is 1. The highest BCUT2D eigenvalue weighted by molar-refractivity contribution is 6.09. The third kappa shape index (κ3) is 5.64. The Morgan fingerprint density at radius 2 is 1.82 bits per heavy atom. The van der Waals surface area contributed by atoms with Gasteiger partial charge in [0, 0.05) is 85.3 Å². The molecule has 1 aromatic carbocycles. The topological polar surface area (TPSA) is 65.8 Å². The minimum Gasteiger partial charge on any atom is -0.354 e. The van der Waals surface area contributed by atoms with Crippen LogP contribution in [0.5, 0.6) is 0 Å². The number of piperazine rings is 1. The number of aliphatic imine (C=N–C) groups is 1. The molecule has 0 unspecified atom stereocenters. The SMILES string of the molecule is CCC1=C(CNC(=O)c2cc(-c3ccc(N4CCN(C)CC4)nc3)cc3c2c(C)cn3C(C)C)CN=C(C)C1. The molecule has 7 heteroatoms. The van der Waals surface area contributed by atoms with Gasteiger partial charge in [0.25, 0.3) is 5.91 Å². The van der Waals surface area contributed by atoms with Crippen LogP contribution in [0.25, 0.3) is 22.0 Å². The van der Waals surface area contributed by atoms with Crippen LogP contribution < -0.4 is 10.2 Å². The Balaban J connectivity index is 1.48. The van der Waals surface area contributed by atoms with Crippen molar-refractivity contribution >= 4 is 28.3 Å². The van der Waals surface area contributed by atoms with Gasteiger partial charge in [-0.1, -0.05) is 12.5 Å². The lowest BCUT2D eigenvalue weighted by molar-refractivity contribution is 0.0958. The summed E-state index contributed by atoms with van der Waals surface area (Å²) < 4.78 is 2.27. The normalized spacial score (nSPS) is 16.8. The van der Waals surface area contributed by atoms with E-state index >= 15 is 0 Å².